The number of hydrogen-bond acceptors (Lipinski definition) is 3. The molecule has 0 radical (unpaired) electrons. The van der Waals surface area contributed by atoms with E-state index in [1.54, 1.807) is 6.26 Å². The smallest absolute Gasteiger partial charge is 0.224 e. The topological polar surface area (TPSA) is 54.3 Å². The number of hydrogen-bond donors (Lipinski definition) is 2. The lowest BCUT2D eigenvalue weighted by atomic mass is 9.95. The van der Waals surface area contributed by atoms with Crippen LogP contribution in [-0.4, -0.2) is 25.0 Å². The maximum Gasteiger partial charge on any atom is 0.224 e. The maximum absolute atomic E-state index is 12.3. The van der Waals surface area contributed by atoms with Crippen molar-refractivity contribution >= 4 is 16.9 Å². The highest BCUT2D eigenvalue weighted by Crippen LogP contribution is 2.25. The maximum atomic E-state index is 12.3. The SMILES string of the molecule is Cc1cc2occ(CC(=O)NC3CCNCC3C)c2cc1C. The van der Waals surface area contributed by atoms with Gasteiger partial charge < -0.3 is 15.1 Å². The van der Waals surface area contributed by atoms with Crippen molar-refractivity contribution in [1.29, 1.82) is 0 Å². The lowest BCUT2D eigenvalue weighted by Gasteiger charge is -2.30. The van der Waals surface area contributed by atoms with Crippen LogP contribution in [0.1, 0.15) is 30.0 Å². The van der Waals surface area contributed by atoms with Gasteiger partial charge in [0.15, 0.2) is 0 Å². The first-order valence-corrected chi connectivity index (χ1v) is 8.02. The van der Waals surface area contributed by atoms with Crippen molar-refractivity contribution in [3.05, 3.63) is 35.1 Å². The van der Waals surface area contributed by atoms with Crippen molar-refractivity contribution < 1.29 is 9.21 Å². The summed E-state index contributed by atoms with van der Waals surface area (Å²) in [6, 6.07) is 4.43. The highest BCUT2D eigenvalue weighted by molar-refractivity contribution is 5.88. The Hall–Kier alpha value is -1.81. The first-order chi connectivity index (χ1) is 10.5. The van der Waals surface area contributed by atoms with Gasteiger partial charge >= 0.3 is 0 Å². The number of rotatable bonds is 3. The predicted molar refractivity (Wildman–Crippen MR) is 88.0 cm³/mol. The van der Waals surface area contributed by atoms with E-state index < -0.39 is 0 Å². The summed E-state index contributed by atoms with van der Waals surface area (Å²) in [6.45, 7) is 8.28. The molecule has 3 rings (SSSR count). The molecule has 2 heterocycles. The average molecular weight is 300 g/mol. The molecule has 1 fully saturated rings. The molecule has 0 spiro atoms. The molecule has 1 aliphatic rings. The normalized spacial score (nSPS) is 22.0. The summed E-state index contributed by atoms with van der Waals surface area (Å²) < 4.78 is 5.61. The molecule has 1 aromatic heterocycles. The molecule has 4 heteroatoms. The van der Waals surface area contributed by atoms with Crippen LogP contribution in [0.5, 0.6) is 0 Å². The van der Waals surface area contributed by atoms with E-state index in [9.17, 15) is 4.79 Å². The summed E-state index contributed by atoms with van der Waals surface area (Å²) in [5.74, 6) is 0.559. The van der Waals surface area contributed by atoms with E-state index in [0.717, 1.165) is 36.0 Å². The van der Waals surface area contributed by atoms with Crippen LogP contribution in [0.25, 0.3) is 11.0 Å². The molecule has 0 saturated carbocycles. The van der Waals surface area contributed by atoms with Gasteiger partial charge in [0.1, 0.15) is 5.58 Å². The van der Waals surface area contributed by atoms with Gasteiger partial charge in [-0.25, -0.2) is 0 Å². The van der Waals surface area contributed by atoms with Crippen molar-refractivity contribution in [2.75, 3.05) is 13.1 Å². The molecule has 1 amide bonds. The first-order valence-electron chi connectivity index (χ1n) is 8.02. The zero-order valence-electron chi connectivity index (χ0n) is 13.5. The molecule has 2 atom stereocenters. The van der Waals surface area contributed by atoms with Crippen LogP contribution >= 0.6 is 0 Å². The Morgan fingerprint density at radius 1 is 1.36 bits per heavy atom. The van der Waals surface area contributed by atoms with Gasteiger partial charge in [-0.2, -0.15) is 0 Å². The van der Waals surface area contributed by atoms with Crippen LogP contribution in [0.15, 0.2) is 22.8 Å². The van der Waals surface area contributed by atoms with Crippen molar-refractivity contribution in [3.63, 3.8) is 0 Å². The van der Waals surface area contributed by atoms with Gasteiger partial charge in [-0.1, -0.05) is 6.92 Å². The lowest BCUT2D eigenvalue weighted by Crippen LogP contribution is -2.48. The van der Waals surface area contributed by atoms with Gasteiger partial charge in [0.2, 0.25) is 5.91 Å². The number of nitrogens with one attached hydrogen (secondary N) is 2. The zero-order chi connectivity index (χ0) is 15.7. The summed E-state index contributed by atoms with van der Waals surface area (Å²) in [5.41, 5.74) is 4.27. The van der Waals surface area contributed by atoms with E-state index in [0.29, 0.717) is 12.3 Å². The molecular formula is C18H24N2O2. The van der Waals surface area contributed by atoms with Gasteiger partial charge in [0, 0.05) is 17.0 Å². The third kappa shape index (κ3) is 3.02. The van der Waals surface area contributed by atoms with Crippen LogP contribution < -0.4 is 10.6 Å². The number of benzene rings is 1. The lowest BCUT2D eigenvalue weighted by molar-refractivity contribution is -0.121. The third-order valence-electron chi connectivity index (χ3n) is 4.75. The summed E-state index contributed by atoms with van der Waals surface area (Å²) in [5, 5.41) is 7.58. The van der Waals surface area contributed by atoms with Crippen molar-refractivity contribution in [2.45, 2.75) is 39.7 Å². The second-order valence-corrected chi connectivity index (χ2v) is 6.51. The zero-order valence-corrected chi connectivity index (χ0v) is 13.5. The predicted octanol–water partition coefficient (Wildman–Crippen LogP) is 2.71. The van der Waals surface area contributed by atoms with Crippen molar-refractivity contribution in [2.24, 2.45) is 5.92 Å². The molecule has 0 aliphatic carbocycles. The number of furan rings is 1. The van der Waals surface area contributed by atoms with Gasteiger partial charge in [0.25, 0.3) is 0 Å². The van der Waals surface area contributed by atoms with E-state index in [2.05, 4.69) is 37.5 Å². The van der Waals surface area contributed by atoms with Crippen LogP contribution in [0.3, 0.4) is 0 Å². The summed E-state index contributed by atoms with van der Waals surface area (Å²) in [4.78, 5) is 12.3. The molecule has 1 aromatic carbocycles. The highest BCUT2D eigenvalue weighted by atomic mass is 16.3. The van der Waals surface area contributed by atoms with Crippen LogP contribution in [0.2, 0.25) is 0 Å². The molecule has 0 bridgehead atoms. The average Bonchev–Trinajstić information content (AvgIpc) is 2.84. The molecule has 1 aliphatic heterocycles. The minimum absolute atomic E-state index is 0.0830. The van der Waals surface area contributed by atoms with Gasteiger partial charge in [-0.3, -0.25) is 4.79 Å². The number of aryl methyl sites for hydroxylation is 2. The van der Waals surface area contributed by atoms with E-state index in [-0.39, 0.29) is 11.9 Å². The van der Waals surface area contributed by atoms with E-state index in [1.165, 1.54) is 11.1 Å². The summed E-state index contributed by atoms with van der Waals surface area (Å²) >= 11 is 0. The number of amides is 1. The number of piperidine rings is 1. The molecular weight excluding hydrogens is 276 g/mol. The van der Waals surface area contributed by atoms with Gasteiger partial charge in [-0.05, 0) is 62.5 Å². The Bertz CT molecular complexity index is 690. The standard InChI is InChI=1S/C18H24N2O2/c1-11-6-15-14(10-22-17(15)7-12(11)2)8-18(21)20-16-4-5-19-9-13(16)3/h6-7,10,13,16,19H,4-5,8-9H2,1-3H3,(H,20,21). The number of carbonyl (C=O) groups is 1. The van der Waals surface area contributed by atoms with E-state index in [4.69, 9.17) is 4.42 Å². The molecule has 22 heavy (non-hydrogen) atoms. The third-order valence-corrected chi connectivity index (χ3v) is 4.75. The van der Waals surface area contributed by atoms with E-state index >= 15 is 0 Å². The second-order valence-electron chi connectivity index (χ2n) is 6.51. The molecule has 1 saturated heterocycles. The van der Waals surface area contributed by atoms with E-state index in [1.807, 2.05) is 6.07 Å². The Balaban J connectivity index is 1.72. The highest BCUT2D eigenvalue weighted by Gasteiger charge is 2.23. The quantitative estimate of drug-likeness (QED) is 0.916. The molecule has 118 valence electrons. The fraction of sp³-hybridized carbons (Fsp3) is 0.500. The fourth-order valence-corrected chi connectivity index (χ4v) is 3.13. The van der Waals surface area contributed by atoms with Gasteiger partial charge in [-0.15, -0.1) is 0 Å². The Kier molecular flexibility index (Phi) is 4.21. The molecule has 2 N–H and O–H groups in total. The number of carbonyl (C=O) groups excluding carboxylic acids is 1. The van der Waals surface area contributed by atoms with Crippen LogP contribution in [0, 0.1) is 19.8 Å². The summed E-state index contributed by atoms with van der Waals surface area (Å²) in [6.07, 6.45) is 3.10. The first kappa shape index (κ1) is 15.1. The fourth-order valence-electron chi connectivity index (χ4n) is 3.13. The minimum atomic E-state index is 0.0830. The van der Waals surface area contributed by atoms with Crippen molar-refractivity contribution in [1.82, 2.24) is 10.6 Å². The molecule has 4 nitrogen and oxygen atoms in total. The monoisotopic (exact) mass is 300 g/mol. The molecule has 2 aromatic rings. The van der Waals surface area contributed by atoms with Crippen molar-refractivity contribution in [3.8, 4) is 0 Å². The summed E-state index contributed by atoms with van der Waals surface area (Å²) in [7, 11) is 0. The molecule has 2 unspecified atom stereocenters. The Morgan fingerprint density at radius 2 is 2.14 bits per heavy atom. The largest absolute Gasteiger partial charge is 0.464 e. The number of fused-ring (bicyclic) bond motifs is 1. The Morgan fingerprint density at radius 3 is 2.91 bits per heavy atom. The van der Waals surface area contributed by atoms with Gasteiger partial charge in [0.05, 0.1) is 12.7 Å². The van der Waals surface area contributed by atoms with Crippen LogP contribution in [-0.2, 0) is 11.2 Å². The minimum Gasteiger partial charge on any atom is -0.464 e. The second kappa shape index (κ2) is 6.13. The van der Waals surface area contributed by atoms with Crippen LogP contribution in [0.4, 0.5) is 0 Å². The Labute approximate surface area is 131 Å².